The van der Waals surface area contributed by atoms with E-state index in [9.17, 15) is 19.2 Å². The lowest BCUT2D eigenvalue weighted by atomic mass is 10.2. The SMILES string of the molecule is CCCCn1c(N)c(N(CC)C(=O)CN2CCCC2C(=O)N(C)C)c(=O)[nH]c1=O. The number of H-pyrrole nitrogens is 1. The van der Waals surface area contributed by atoms with Crippen molar-refractivity contribution in [3.05, 3.63) is 20.8 Å². The molecule has 1 aromatic rings. The fourth-order valence-electron chi connectivity index (χ4n) is 3.69. The third-order valence-electron chi connectivity index (χ3n) is 5.26. The molecule has 3 N–H and O–H groups in total. The van der Waals surface area contributed by atoms with Crippen molar-refractivity contribution >= 4 is 23.3 Å². The molecular weight excluding hydrogens is 376 g/mol. The Labute approximate surface area is 170 Å². The molecule has 2 rings (SSSR count). The average molecular weight is 409 g/mol. The van der Waals surface area contributed by atoms with Crippen LogP contribution in [0.15, 0.2) is 9.59 Å². The zero-order valence-corrected chi connectivity index (χ0v) is 17.7. The molecule has 1 aliphatic heterocycles. The number of anilines is 2. The smallest absolute Gasteiger partial charge is 0.330 e. The van der Waals surface area contributed by atoms with Crippen molar-refractivity contribution in [1.29, 1.82) is 0 Å². The monoisotopic (exact) mass is 408 g/mol. The third-order valence-corrected chi connectivity index (χ3v) is 5.26. The maximum Gasteiger partial charge on any atom is 0.330 e. The van der Waals surface area contributed by atoms with E-state index in [4.69, 9.17) is 5.73 Å². The number of nitrogens with zero attached hydrogens (tertiary/aromatic N) is 4. The first-order valence-corrected chi connectivity index (χ1v) is 10.1. The van der Waals surface area contributed by atoms with Crippen molar-refractivity contribution in [3.63, 3.8) is 0 Å². The van der Waals surface area contributed by atoms with Crippen LogP contribution >= 0.6 is 0 Å². The first kappa shape index (κ1) is 22.7. The zero-order valence-electron chi connectivity index (χ0n) is 17.7. The van der Waals surface area contributed by atoms with Crippen LogP contribution in [0.2, 0.25) is 0 Å². The summed E-state index contributed by atoms with van der Waals surface area (Å²) in [5.41, 5.74) is 4.87. The predicted molar refractivity (Wildman–Crippen MR) is 112 cm³/mol. The summed E-state index contributed by atoms with van der Waals surface area (Å²) in [5.74, 6) is -0.377. The molecule has 0 saturated carbocycles. The Morgan fingerprint density at radius 1 is 1.24 bits per heavy atom. The van der Waals surface area contributed by atoms with Gasteiger partial charge in [0.2, 0.25) is 11.8 Å². The molecular formula is C19H32N6O4. The number of likely N-dealkylation sites (N-methyl/N-ethyl adjacent to an activating group) is 2. The highest BCUT2D eigenvalue weighted by Crippen LogP contribution is 2.21. The molecule has 162 valence electrons. The molecule has 1 unspecified atom stereocenters. The van der Waals surface area contributed by atoms with E-state index < -0.39 is 11.2 Å². The van der Waals surface area contributed by atoms with E-state index in [0.717, 1.165) is 19.3 Å². The first-order chi connectivity index (χ1) is 13.7. The molecule has 0 bridgehead atoms. The number of amides is 2. The van der Waals surface area contributed by atoms with Gasteiger partial charge in [0.1, 0.15) is 5.82 Å². The molecule has 1 aliphatic rings. The fourth-order valence-corrected chi connectivity index (χ4v) is 3.69. The Hall–Kier alpha value is -2.62. The van der Waals surface area contributed by atoms with Crippen LogP contribution in [0.25, 0.3) is 0 Å². The topological polar surface area (TPSA) is 125 Å². The van der Waals surface area contributed by atoms with Crippen LogP contribution in [-0.2, 0) is 16.1 Å². The minimum atomic E-state index is -0.683. The highest BCUT2D eigenvalue weighted by Gasteiger charge is 2.34. The summed E-state index contributed by atoms with van der Waals surface area (Å²) >= 11 is 0. The van der Waals surface area contributed by atoms with E-state index in [0.29, 0.717) is 19.5 Å². The normalized spacial score (nSPS) is 16.8. The Bertz CT molecular complexity index is 859. The molecule has 0 aliphatic carbocycles. The second-order valence-electron chi connectivity index (χ2n) is 7.50. The van der Waals surface area contributed by atoms with Gasteiger partial charge in [0.05, 0.1) is 12.6 Å². The second kappa shape index (κ2) is 9.73. The van der Waals surface area contributed by atoms with E-state index in [1.165, 1.54) is 14.4 Å². The van der Waals surface area contributed by atoms with Gasteiger partial charge in [-0.2, -0.15) is 0 Å². The van der Waals surface area contributed by atoms with Gasteiger partial charge in [-0.1, -0.05) is 13.3 Å². The average Bonchev–Trinajstić information content (AvgIpc) is 3.11. The van der Waals surface area contributed by atoms with Crippen LogP contribution in [0.3, 0.4) is 0 Å². The lowest BCUT2D eigenvalue weighted by Crippen LogP contribution is -2.49. The van der Waals surface area contributed by atoms with Gasteiger partial charge >= 0.3 is 5.69 Å². The number of unbranched alkanes of at least 4 members (excludes halogenated alkanes) is 1. The fraction of sp³-hybridized carbons (Fsp3) is 0.684. The van der Waals surface area contributed by atoms with Crippen molar-refractivity contribution in [1.82, 2.24) is 19.4 Å². The molecule has 1 fully saturated rings. The van der Waals surface area contributed by atoms with Crippen molar-refractivity contribution in [2.75, 3.05) is 44.4 Å². The lowest BCUT2D eigenvalue weighted by molar-refractivity contribution is -0.134. The van der Waals surface area contributed by atoms with Crippen LogP contribution in [0.1, 0.15) is 39.5 Å². The van der Waals surface area contributed by atoms with Crippen LogP contribution in [0.5, 0.6) is 0 Å². The molecule has 2 amide bonds. The number of aromatic amines is 1. The largest absolute Gasteiger partial charge is 0.383 e. The quantitative estimate of drug-likeness (QED) is 0.615. The number of carbonyl (C=O) groups excluding carboxylic acids is 2. The Morgan fingerprint density at radius 2 is 1.93 bits per heavy atom. The second-order valence-corrected chi connectivity index (χ2v) is 7.50. The van der Waals surface area contributed by atoms with E-state index in [1.807, 2.05) is 11.8 Å². The number of likely N-dealkylation sites (tertiary alicyclic amines) is 1. The first-order valence-electron chi connectivity index (χ1n) is 10.1. The van der Waals surface area contributed by atoms with Crippen molar-refractivity contribution in [2.45, 2.75) is 52.1 Å². The number of carbonyl (C=O) groups is 2. The van der Waals surface area contributed by atoms with Gasteiger partial charge in [-0.05, 0) is 32.7 Å². The van der Waals surface area contributed by atoms with E-state index >= 15 is 0 Å². The van der Waals surface area contributed by atoms with Crippen molar-refractivity contribution in [3.8, 4) is 0 Å². The summed E-state index contributed by atoms with van der Waals surface area (Å²) < 4.78 is 1.30. The number of hydrogen-bond acceptors (Lipinski definition) is 6. The standard InChI is InChI=1S/C19H32N6O4/c1-5-7-11-25-16(20)15(17(27)21-19(25)29)24(6-2)14(26)12-23-10-8-9-13(23)18(28)22(3)4/h13H,5-12,20H2,1-4H3,(H,21,27,29). The molecule has 1 aromatic heterocycles. The number of hydrogen-bond donors (Lipinski definition) is 2. The van der Waals surface area contributed by atoms with Gasteiger partial charge in [0.15, 0.2) is 5.69 Å². The highest BCUT2D eigenvalue weighted by atomic mass is 16.2. The molecule has 1 saturated heterocycles. The van der Waals surface area contributed by atoms with Gasteiger partial charge in [0.25, 0.3) is 5.56 Å². The van der Waals surface area contributed by atoms with Crippen molar-refractivity contribution in [2.24, 2.45) is 0 Å². The van der Waals surface area contributed by atoms with E-state index in [1.54, 1.807) is 21.0 Å². The summed E-state index contributed by atoms with van der Waals surface area (Å²) in [4.78, 5) is 57.0. The van der Waals surface area contributed by atoms with Gasteiger partial charge in [0, 0.05) is 27.2 Å². The van der Waals surface area contributed by atoms with Gasteiger partial charge < -0.3 is 15.5 Å². The molecule has 10 heteroatoms. The Balaban J connectivity index is 2.31. The lowest BCUT2D eigenvalue weighted by Gasteiger charge is -2.29. The zero-order chi connectivity index (χ0) is 21.7. The predicted octanol–water partition coefficient (Wildman–Crippen LogP) is -0.176. The van der Waals surface area contributed by atoms with Crippen LogP contribution in [0, 0.1) is 0 Å². The molecule has 29 heavy (non-hydrogen) atoms. The van der Waals surface area contributed by atoms with E-state index in [2.05, 4.69) is 4.98 Å². The molecule has 10 nitrogen and oxygen atoms in total. The maximum absolute atomic E-state index is 13.0. The van der Waals surface area contributed by atoms with Gasteiger partial charge in [-0.15, -0.1) is 0 Å². The summed E-state index contributed by atoms with van der Waals surface area (Å²) in [6.07, 6.45) is 3.10. The summed E-state index contributed by atoms with van der Waals surface area (Å²) in [6, 6.07) is -0.346. The number of nitrogen functional groups attached to an aromatic ring is 1. The van der Waals surface area contributed by atoms with Crippen LogP contribution in [-0.4, -0.2) is 70.9 Å². The molecule has 1 atom stereocenters. The Morgan fingerprint density at radius 3 is 2.52 bits per heavy atom. The Kier molecular flexibility index (Phi) is 7.60. The molecule has 2 heterocycles. The van der Waals surface area contributed by atoms with Crippen LogP contribution < -0.4 is 21.9 Å². The summed E-state index contributed by atoms with van der Waals surface area (Å²) in [6.45, 7) is 4.95. The summed E-state index contributed by atoms with van der Waals surface area (Å²) in [5, 5.41) is 0. The minimum Gasteiger partial charge on any atom is -0.383 e. The maximum atomic E-state index is 13.0. The van der Waals surface area contributed by atoms with Crippen LogP contribution in [0.4, 0.5) is 11.5 Å². The number of nitrogens with one attached hydrogen (secondary N) is 1. The molecule has 0 spiro atoms. The molecule has 0 radical (unpaired) electrons. The highest BCUT2D eigenvalue weighted by molar-refractivity contribution is 5.97. The number of aromatic nitrogens is 2. The number of nitrogens with two attached hydrogens (primary N) is 1. The van der Waals surface area contributed by atoms with Gasteiger partial charge in [-0.25, -0.2) is 4.79 Å². The molecule has 0 aromatic carbocycles. The van der Waals surface area contributed by atoms with Crippen molar-refractivity contribution < 1.29 is 9.59 Å². The number of rotatable bonds is 8. The van der Waals surface area contributed by atoms with Gasteiger partial charge in [-0.3, -0.25) is 28.8 Å². The third kappa shape index (κ3) is 4.87. The van der Waals surface area contributed by atoms with E-state index in [-0.39, 0.29) is 42.5 Å². The minimum absolute atomic E-state index is 0.00501. The summed E-state index contributed by atoms with van der Waals surface area (Å²) in [7, 11) is 3.39.